The third-order valence-corrected chi connectivity index (χ3v) is 3.06. The Morgan fingerprint density at radius 1 is 1.06 bits per heavy atom. The van der Waals surface area contributed by atoms with E-state index in [4.69, 9.17) is 25.5 Å². The summed E-state index contributed by atoms with van der Waals surface area (Å²) in [6.45, 7) is 0. The van der Waals surface area contributed by atoms with Crippen molar-refractivity contribution in [2.24, 2.45) is 0 Å². The van der Waals surface area contributed by atoms with Crippen molar-refractivity contribution in [2.45, 2.75) is 0 Å². The number of carboxylic acids is 1. The Kier molecular flexibility index (Phi) is 2.18. The van der Waals surface area contributed by atoms with Crippen molar-refractivity contribution in [3.8, 4) is 0 Å². The molecule has 5 nitrogen and oxygen atoms in total. The van der Waals surface area contributed by atoms with Crippen molar-refractivity contribution < 1.29 is 23.5 Å². The van der Waals surface area contributed by atoms with Crippen LogP contribution in [0, 0.1) is 0 Å². The molecule has 0 aliphatic heterocycles. The van der Waals surface area contributed by atoms with Gasteiger partial charge in [-0.3, -0.25) is 4.79 Å². The Hall–Kier alpha value is -2.27. The highest BCUT2D eigenvalue weighted by Crippen LogP contribution is 2.37. The zero-order chi connectivity index (χ0) is 12.9. The van der Waals surface area contributed by atoms with E-state index in [9.17, 15) is 9.59 Å². The van der Waals surface area contributed by atoms with Gasteiger partial charge < -0.3 is 13.9 Å². The number of ketones is 1. The van der Waals surface area contributed by atoms with Gasteiger partial charge in [0.05, 0.1) is 23.1 Å². The molecule has 1 N–H and O–H groups in total. The van der Waals surface area contributed by atoms with Crippen molar-refractivity contribution >= 4 is 45.3 Å². The Morgan fingerprint density at radius 2 is 1.67 bits per heavy atom. The standard InChI is InChI=1S/C12H5ClO5/c13-8-6-2-4-17-10(6)7(9(14)12(15)16)5-1-3-18-11(5)8/h1-4H,(H,15,16). The maximum absolute atomic E-state index is 11.7. The first-order chi connectivity index (χ1) is 8.61. The molecule has 0 atom stereocenters. The van der Waals surface area contributed by atoms with Crippen molar-refractivity contribution in [3.63, 3.8) is 0 Å². The number of hydrogen-bond acceptors (Lipinski definition) is 4. The number of carbonyl (C=O) groups is 2. The molecular weight excluding hydrogens is 260 g/mol. The van der Waals surface area contributed by atoms with Crippen molar-refractivity contribution in [2.75, 3.05) is 0 Å². The van der Waals surface area contributed by atoms with Crippen LogP contribution in [-0.2, 0) is 4.79 Å². The van der Waals surface area contributed by atoms with Crippen molar-refractivity contribution in [1.29, 1.82) is 0 Å². The van der Waals surface area contributed by atoms with Crippen LogP contribution in [0.4, 0.5) is 0 Å². The molecule has 0 saturated heterocycles. The van der Waals surface area contributed by atoms with E-state index in [1.54, 1.807) is 6.07 Å². The van der Waals surface area contributed by atoms with Gasteiger partial charge in [-0.25, -0.2) is 4.79 Å². The number of carboxylic acid groups (broad SMARTS) is 1. The first kappa shape index (κ1) is 10.9. The number of rotatable bonds is 2. The molecule has 0 fully saturated rings. The van der Waals surface area contributed by atoms with Crippen LogP contribution in [0.15, 0.2) is 33.5 Å². The molecule has 0 saturated carbocycles. The SMILES string of the molecule is O=C(O)C(=O)c1c2ccoc2c(Cl)c2ccoc12. The van der Waals surface area contributed by atoms with E-state index in [2.05, 4.69) is 0 Å². The van der Waals surface area contributed by atoms with Gasteiger partial charge in [-0.05, 0) is 12.1 Å². The second-order valence-electron chi connectivity index (χ2n) is 3.65. The summed E-state index contributed by atoms with van der Waals surface area (Å²) in [4.78, 5) is 22.6. The molecule has 6 heteroatoms. The molecule has 0 amide bonds. The molecule has 0 radical (unpaired) electrons. The highest BCUT2D eigenvalue weighted by Gasteiger charge is 2.26. The first-order valence-corrected chi connectivity index (χ1v) is 5.32. The fourth-order valence-corrected chi connectivity index (χ4v) is 2.22. The number of fused-ring (bicyclic) bond motifs is 2. The summed E-state index contributed by atoms with van der Waals surface area (Å²) >= 11 is 6.10. The van der Waals surface area contributed by atoms with Crippen LogP contribution in [0.5, 0.6) is 0 Å². The third kappa shape index (κ3) is 1.28. The Balaban J connectivity index is 2.55. The number of halogens is 1. The molecule has 2 heterocycles. The Labute approximate surface area is 105 Å². The van der Waals surface area contributed by atoms with E-state index < -0.39 is 11.8 Å². The Morgan fingerprint density at radius 3 is 2.33 bits per heavy atom. The normalized spacial score (nSPS) is 11.2. The van der Waals surface area contributed by atoms with Crippen LogP contribution in [-0.4, -0.2) is 16.9 Å². The molecule has 18 heavy (non-hydrogen) atoms. The van der Waals surface area contributed by atoms with Crippen LogP contribution in [0.1, 0.15) is 10.4 Å². The average molecular weight is 265 g/mol. The molecule has 3 rings (SSSR count). The van der Waals surface area contributed by atoms with E-state index in [0.29, 0.717) is 15.8 Å². The van der Waals surface area contributed by atoms with E-state index in [1.807, 2.05) is 0 Å². The van der Waals surface area contributed by atoms with Gasteiger partial charge in [0.15, 0.2) is 5.58 Å². The highest BCUT2D eigenvalue weighted by molar-refractivity contribution is 6.47. The maximum atomic E-state index is 11.7. The summed E-state index contributed by atoms with van der Waals surface area (Å²) in [6.07, 6.45) is 2.68. The largest absolute Gasteiger partial charge is 0.475 e. The van der Waals surface area contributed by atoms with Gasteiger partial charge in [-0.15, -0.1) is 0 Å². The minimum Gasteiger partial charge on any atom is -0.475 e. The highest BCUT2D eigenvalue weighted by atomic mass is 35.5. The van der Waals surface area contributed by atoms with Crippen LogP contribution in [0.2, 0.25) is 5.02 Å². The van der Waals surface area contributed by atoms with Gasteiger partial charge in [0, 0.05) is 10.8 Å². The summed E-state index contributed by atoms with van der Waals surface area (Å²) in [6, 6.07) is 3.04. The van der Waals surface area contributed by atoms with E-state index in [0.717, 1.165) is 0 Å². The van der Waals surface area contributed by atoms with Crippen molar-refractivity contribution in [3.05, 3.63) is 35.2 Å². The van der Waals surface area contributed by atoms with E-state index >= 15 is 0 Å². The zero-order valence-corrected chi connectivity index (χ0v) is 9.52. The molecule has 0 aliphatic carbocycles. The van der Waals surface area contributed by atoms with Crippen LogP contribution in [0.25, 0.3) is 21.9 Å². The Bertz CT molecular complexity index is 744. The average Bonchev–Trinajstić information content (AvgIpc) is 2.96. The monoisotopic (exact) mass is 264 g/mol. The number of benzene rings is 1. The summed E-state index contributed by atoms with van der Waals surface area (Å²) in [5, 5.41) is 9.91. The molecular formula is C12H5ClO5. The lowest BCUT2D eigenvalue weighted by Gasteiger charge is -2.02. The third-order valence-electron chi connectivity index (χ3n) is 2.68. The smallest absolute Gasteiger partial charge is 0.377 e. The molecule has 1 aromatic carbocycles. The summed E-state index contributed by atoms with van der Waals surface area (Å²) in [7, 11) is 0. The lowest BCUT2D eigenvalue weighted by atomic mass is 10.0. The van der Waals surface area contributed by atoms with Crippen LogP contribution < -0.4 is 0 Å². The number of hydrogen-bond donors (Lipinski definition) is 1. The zero-order valence-electron chi connectivity index (χ0n) is 8.77. The van der Waals surface area contributed by atoms with Crippen molar-refractivity contribution in [1.82, 2.24) is 0 Å². The molecule has 0 aliphatic rings. The molecule has 90 valence electrons. The topological polar surface area (TPSA) is 80.6 Å². The number of aliphatic carboxylic acids is 1. The molecule has 3 aromatic rings. The number of Topliss-reactive ketones (excluding diaryl/α,β-unsaturated/α-hetero) is 1. The van der Waals surface area contributed by atoms with E-state index in [-0.39, 0.29) is 16.7 Å². The quantitative estimate of drug-likeness (QED) is 0.568. The fourth-order valence-electron chi connectivity index (χ4n) is 1.93. The minimum absolute atomic E-state index is 0.0457. The summed E-state index contributed by atoms with van der Waals surface area (Å²) < 4.78 is 10.3. The van der Waals surface area contributed by atoms with Gasteiger partial charge in [-0.1, -0.05) is 11.6 Å². The van der Waals surface area contributed by atoms with Gasteiger partial charge in [0.25, 0.3) is 5.78 Å². The van der Waals surface area contributed by atoms with Crippen LogP contribution in [0.3, 0.4) is 0 Å². The predicted molar refractivity (Wildman–Crippen MR) is 63.0 cm³/mol. The van der Waals surface area contributed by atoms with Gasteiger partial charge >= 0.3 is 5.97 Å². The summed E-state index contributed by atoms with van der Waals surface area (Å²) in [5.41, 5.74) is 0.382. The molecule has 0 spiro atoms. The second kappa shape index (κ2) is 3.61. The first-order valence-electron chi connectivity index (χ1n) is 4.94. The predicted octanol–water partition coefficient (Wildman–Crippen LogP) is 3.10. The fraction of sp³-hybridized carbons (Fsp3) is 0. The number of furan rings is 2. The van der Waals surface area contributed by atoms with Gasteiger partial charge in [-0.2, -0.15) is 0 Å². The van der Waals surface area contributed by atoms with Gasteiger partial charge in [0.1, 0.15) is 5.58 Å². The number of carbonyl (C=O) groups excluding carboxylic acids is 1. The maximum Gasteiger partial charge on any atom is 0.377 e. The van der Waals surface area contributed by atoms with E-state index in [1.165, 1.54) is 18.6 Å². The minimum atomic E-state index is -1.56. The molecule has 2 aromatic heterocycles. The second-order valence-corrected chi connectivity index (χ2v) is 4.03. The lowest BCUT2D eigenvalue weighted by molar-refractivity contribution is -0.131. The summed E-state index contributed by atoms with van der Waals surface area (Å²) in [5.74, 6) is -2.62. The van der Waals surface area contributed by atoms with Crippen LogP contribution >= 0.6 is 11.6 Å². The lowest BCUT2D eigenvalue weighted by Crippen LogP contribution is -2.13. The molecule has 0 unspecified atom stereocenters. The molecule has 0 bridgehead atoms. The van der Waals surface area contributed by atoms with Gasteiger partial charge in [0.2, 0.25) is 0 Å².